The van der Waals surface area contributed by atoms with Gasteiger partial charge in [-0.3, -0.25) is 0 Å². The van der Waals surface area contributed by atoms with Crippen LogP contribution >= 0.6 is 0 Å². The van der Waals surface area contributed by atoms with Crippen LogP contribution in [0.4, 0.5) is 5.82 Å². The summed E-state index contributed by atoms with van der Waals surface area (Å²) < 4.78 is 5.37. The van der Waals surface area contributed by atoms with Crippen LogP contribution in [0.15, 0.2) is 41.2 Å². The summed E-state index contributed by atoms with van der Waals surface area (Å²) >= 11 is 0. The summed E-state index contributed by atoms with van der Waals surface area (Å²) in [7, 11) is 0. The van der Waals surface area contributed by atoms with Gasteiger partial charge in [0.05, 0.1) is 24.3 Å². The zero-order chi connectivity index (χ0) is 15.8. The van der Waals surface area contributed by atoms with Crippen molar-refractivity contribution in [3.63, 3.8) is 0 Å². The van der Waals surface area contributed by atoms with Crippen LogP contribution in [-0.4, -0.2) is 32.7 Å². The molecule has 3 aromatic rings. The lowest BCUT2D eigenvalue weighted by Crippen LogP contribution is -2.31. The average Bonchev–Trinajstić information content (AvgIpc) is 3.21. The fourth-order valence-corrected chi connectivity index (χ4v) is 2.87. The first-order valence-corrected chi connectivity index (χ1v) is 7.28. The summed E-state index contributed by atoms with van der Waals surface area (Å²) in [5, 5.41) is 13.7. The quantitative estimate of drug-likeness (QED) is 0.771. The molecular formula is C16H14N4O3. The molecule has 0 atom stereocenters. The lowest BCUT2D eigenvalue weighted by atomic mass is 10.1. The first kappa shape index (κ1) is 13.6. The maximum absolute atomic E-state index is 11.8. The molecule has 0 saturated heterocycles. The third-order valence-electron chi connectivity index (χ3n) is 4.00. The summed E-state index contributed by atoms with van der Waals surface area (Å²) in [6.45, 7) is 1.19. The fraction of sp³-hybridized carbons (Fsp3) is 0.188. The van der Waals surface area contributed by atoms with Gasteiger partial charge in [-0.1, -0.05) is 35.5 Å². The highest BCUT2D eigenvalue weighted by Crippen LogP contribution is 2.33. The molecule has 116 valence electrons. The first-order chi connectivity index (χ1) is 11.2. The van der Waals surface area contributed by atoms with Gasteiger partial charge in [-0.2, -0.15) is 0 Å². The SMILES string of the molecule is O=C(O)c1c(N2CCc3nc[nH]c3C2)noc1-c1ccccc1. The molecule has 2 N–H and O–H groups in total. The number of aromatic nitrogens is 3. The molecule has 0 aliphatic carbocycles. The molecule has 0 spiro atoms. The number of fused-ring (bicyclic) bond motifs is 1. The van der Waals surface area contributed by atoms with Crippen molar-refractivity contribution in [3.8, 4) is 11.3 Å². The van der Waals surface area contributed by atoms with E-state index in [1.165, 1.54) is 0 Å². The molecular weight excluding hydrogens is 296 g/mol. The Morgan fingerprint density at radius 2 is 2.13 bits per heavy atom. The number of hydrogen-bond acceptors (Lipinski definition) is 5. The number of nitrogens with one attached hydrogen (secondary N) is 1. The van der Waals surface area contributed by atoms with Crippen LogP contribution in [0.25, 0.3) is 11.3 Å². The van der Waals surface area contributed by atoms with E-state index in [9.17, 15) is 9.90 Å². The second kappa shape index (κ2) is 5.28. The van der Waals surface area contributed by atoms with E-state index in [0.717, 1.165) is 17.8 Å². The number of carbonyl (C=O) groups is 1. The Labute approximate surface area is 131 Å². The Bertz CT molecular complexity index is 853. The Kier molecular flexibility index (Phi) is 3.11. The first-order valence-electron chi connectivity index (χ1n) is 7.28. The van der Waals surface area contributed by atoms with Crippen molar-refractivity contribution in [2.45, 2.75) is 13.0 Å². The second-order valence-electron chi connectivity index (χ2n) is 5.38. The number of hydrogen-bond donors (Lipinski definition) is 2. The van der Waals surface area contributed by atoms with Crippen LogP contribution < -0.4 is 4.90 Å². The predicted octanol–water partition coefficient (Wildman–Crippen LogP) is 2.33. The smallest absolute Gasteiger partial charge is 0.343 e. The number of imidazole rings is 1. The van der Waals surface area contributed by atoms with Crippen LogP contribution in [0.3, 0.4) is 0 Å². The number of carboxylic acids is 1. The van der Waals surface area contributed by atoms with Crippen molar-refractivity contribution in [1.29, 1.82) is 0 Å². The summed E-state index contributed by atoms with van der Waals surface area (Å²) in [5.41, 5.74) is 2.80. The van der Waals surface area contributed by atoms with Crippen molar-refractivity contribution in [2.75, 3.05) is 11.4 Å². The van der Waals surface area contributed by atoms with Gasteiger partial charge in [0.1, 0.15) is 0 Å². The van der Waals surface area contributed by atoms with Gasteiger partial charge >= 0.3 is 5.97 Å². The summed E-state index contributed by atoms with van der Waals surface area (Å²) in [5.74, 6) is -0.407. The molecule has 0 saturated carbocycles. The number of benzene rings is 1. The van der Waals surface area contributed by atoms with Crippen molar-refractivity contribution in [2.24, 2.45) is 0 Å². The number of anilines is 1. The van der Waals surface area contributed by atoms with Crippen LogP contribution in [0.2, 0.25) is 0 Å². The average molecular weight is 310 g/mol. The molecule has 0 radical (unpaired) electrons. The Hall–Kier alpha value is -3.09. The van der Waals surface area contributed by atoms with Gasteiger partial charge in [0.2, 0.25) is 0 Å². The molecule has 1 aliphatic heterocycles. The zero-order valence-corrected chi connectivity index (χ0v) is 12.2. The van der Waals surface area contributed by atoms with Crippen molar-refractivity contribution in [1.82, 2.24) is 15.1 Å². The normalized spacial score (nSPS) is 13.8. The zero-order valence-electron chi connectivity index (χ0n) is 12.2. The van der Waals surface area contributed by atoms with Gasteiger partial charge in [-0.05, 0) is 0 Å². The van der Waals surface area contributed by atoms with E-state index in [1.807, 2.05) is 23.1 Å². The lowest BCUT2D eigenvalue weighted by molar-refractivity contribution is 0.0697. The van der Waals surface area contributed by atoms with E-state index in [2.05, 4.69) is 15.1 Å². The molecule has 1 aliphatic rings. The maximum atomic E-state index is 11.8. The van der Waals surface area contributed by atoms with Gasteiger partial charge in [-0.25, -0.2) is 9.78 Å². The van der Waals surface area contributed by atoms with Gasteiger partial charge in [0.15, 0.2) is 17.1 Å². The Morgan fingerprint density at radius 1 is 1.30 bits per heavy atom. The molecule has 0 fully saturated rings. The van der Waals surface area contributed by atoms with E-state index < -0.39 is 5.97 Å². The van der Waals surface area contributed by atoms with Crippen LogP contribution in [0, 0.1) is 0 Å². The van der Waals surface area contributed by atoms with Crippen LogP contribution in [0.5, 0.6) is 0 Å². The van der Waals surface area contributed by atoms with E-state index in [4.69, 9.17) is 4.52 Å². The maximum Gasteiger partial charge on any atom is 0.343 e. The summed E-state index contributed by atoms with van der Waals surface area (Å²) in [6, 6.07) is 9.15. The molecule has 2 aromatic heterocycles. The summed E-state index contributed by atoms with van der Waals surface area (Å²) in [4.78, 5) is 21.0. The predicted molar refractivity (Wildman–Crippen MR) is 82.2 cm³/mol. The molecule has 7 nitrogen and oxygen atoms in total. The number of nitrogens with zero attached hydrogens (tertiary/aromatic N) is 3. The van der Waals surface area contributed by atoms with E-state index in [0.29, 0.717) is 24.5 Å². The van der Waals surface area contributed by atoms with E-state index in [-0.39, 0.29) is 11.3 Å². The largest absolute Gasteiger partial charge is 0.477 e. The van der Waals surface area contributed by atoms with E-state index in [1.54, 1.807) is 18.5 Å². The molecule has 0 amide bonds. The summed E-state index contributed by atoms with van der Waals surface area (Å²) in [6.07, 6.45) is 2.40. The highest BCUT2D eigenvalue weighted by atomic mass is 16.5. The lowest BCUT2D eigenvalue weighted by Gasteiger charge is -2.26. The Balaban J connectivity index is 1.76. The molecule has 3 heterocycles. The number of aromatic amines is 1. The van der Waals surface area contributed by atoms with Crippen molar-refractivity contribution in [3.05, 3.63) is 53.6 Å². The fourth-order valence-electron chi connectivity index (χ4n) is 2.87. The topological polar surface area (TPSA) is 95.2 Å². The second-order valence-corrected chi connectivity index (χ2v) is 5.38. The molecule has 23 heavy (non-hydrogen) atoms. The van der Waals surface area contributed by atoms with Gasteiger partial charge in [0.25, 0.3) is 0 Å². The molecule has 0 bridgehead atoms. The minimum absolute atomic E-state index is 0.0964. The van der Waals surface area contributed by atoms with Gasteiger partial charge in [-0.15, -0.1) is 0 Å². The number of rotatable bonds is 3. The standard InChI is InChI=1S/C16H14N4O3/c21-16(22)13-14(10-4-2-1-3-5-10)23-19-15(13)20-7-6-11-12(8-20)18-9-17-11/h1-5,9H,6-8H2,(H,17,18)(H,21,22). The third-order valence-corrected chi connectivity index (χ3v) is 4.00. The number of carboxylic acid groups (broad SMARTS) is 1. The number of aromatic carboxylic acids is 1. The molecule has 4 rings (SSSR count). The minimum atomic E-state index is -1.05. The van der Waals surface area contributed by atoms with Crippen molar-refractivity contribution < 1.29 is 14.4 Å². The monoisotopic (exact) mass is 310 g/mol. The van der Waals surface area contributed by atoms with Crippen molar-refractivity contribution >= 4 is 11.8 Å². The highest BCUT2D eigenvalue weighted by Gasteiger charge is 2.29. The van der Waals surface area contributed by atoms with Crippen LogP contribution in [0.1, 0.15) is 21.7 Å². The third kappa shape index (κ3) is 2.26. The highest BCUT2D eigenvalue weighted by molar-refractivity contribution is 5.99. The van der Waals surface area contributed by atoms with Gasteiger partial charge < -0.3 is 19.5 Å². The van der Waals surface area contributed by atoms with Crippen LogP contribution in [-0.2, 0) is 13.0 Å². The molecule has 7 heteroatoms. The molecule has 1 aromatic carbocycles. The van der Waals surface area contributed by atoms with Gasteiger partial charge in [0, 0.05) is 18.5 Å². The Morgan fingerprint density at radius 3 is 2.91 bits per heavy atom. The number of H-pyrrole nitrogens is 1. The van der Waals surface area contributed by atoms with E-state index >= 15 is 0 Å². The minimum Gasteiger partial charge on any atom is -0.477 e. The molecule has 0 unspecified atom stereocenters.